The first kappa shape index (κ1) is 10.9. The second-order valence-corrected chi connectivity index (χ2v) is 4.48. The van der Waals surface area contributed by atoms with Crippen LogP contribution in [0.25, 0.3) is 0 Å². The lowest BCUT2D eigenvalue weighted by Crippen LogP contribution is -2.09. The molecule has 0 aliphatic heterocycles. The standard InChI is InChI=1S/C14H12N2O2/c17-14(18)12-5-6-15-13(16-12)11-7-9-3-1-2-4-10(9)8-11/h1-6,11H,7-8H2,(H,17,18). The molecule has 2 aromatic rings. The molecule has 1 heterocycles. The number of hydrogen-bond donors (Lipinski definition) is 1. The molecule has 3 rings (SSSR count). The quantitative estimate of drug-likeness (QED) is 0.872. The summed E-state index contributed by atoms with van der Waals surface area (Å²) in [5, 5.41) is 8.94. The average Bonchev–Trinajstić information content (AvgIpc) is 2.82. The van der Waals surface area contributed by atoms with E-state index in [1.807, 2.05) is 12.1 Å². The monoisotopic (exact) mass is 240 g/mol. The maximum absolute atomic E-state index is 10.9. The second kappa shape index (κ2) is 4.22. The Bertz CT molecular complexity index is 585. The molecule has 0 saturated carbocycles. The van der Waals surface area contributed by atoms with Crippen molar-refractivity contribution >= 4 is 5.97 Å². The van der Waals surface area contributed by atoms with E-state index in [2.05, 4.69) is 22.1 Å². The van der Waals surface area contributed by atoms with E-state index in [0.717, 1.165) is 12.8 Å². The van der Waals surface area contributed by atoms with Crippen LogP contribution >= 0.6 is 0 Å². The van der Waals surface area contributed by atoms with Gasteiger partial charge in [-0.25, -0.2) is 14.8 Å². The second-order valence-electron chi connectivity index (χ2n) is 4.48. The van der Waals surface area contributed by atoms with Crippen LogP contribution in [0.15, 0.2) is 36.5 Å². The van der Waals surface area contributed by atoms with Crippen molar-refractivity contribution in [3.63, 3.8) is 0 Å². The minimum absolute atomic E-state index is 0.0657. The Morgan fingerprint density at radius 1 is 1.17 bits per heavy atom. The molecular weight excluding hydrogens is 228 g/mol. The molecule has 0 unspecified atom stereocenters. The van der Waals surface area contributed by atoms with Crippen molar-refractivity contribution in [1.29, 1.82) is 0 Å². The van der Waals surface area contributed by atoms with Gasteiger partial charge in [0.05, 0.1) is 0 Å². The van der Waals surface area contributed by atoms with Crippen LogP contribution in [0, 0.1) is 0 Å². The van der Waals surface area contributed by atoms with Crippen LogP contribution in [0.5, 0.6) is 0 Å². The highest BCUT2D eigenvalue weighted by atomic mass is 16.4. The normalized spacial score (nSPS) is 14.4. The van der Waals surface area contributed by atoms with Crippen LogP contribution in [0.3, 0.4) is 0 Å². The first-order valence-electron chi connectivity index (χ1n) is 5.87. The van der Waals surface area contributed by atoms with E-state index < -0.39 is 5.97 Å². The van der Waals surface area contributed by atoms with Crippen LogP contribution in [-0.2, 0) is 12.8 Å². The molecule has 1 aromatic carbocycles. The molecule has 1 aliphatic rings. The smallest absolute Gasteiger partial charge is 0.354 e. The first-order valence-corrected chi connectivity index (χ1v) is 5.87. The Hall–Kier alpha value is -2.23. The van der Waals surface area contributed by atoms with E-state index >= 15 is 0 Å². The Kier molecular flexibility index (Phi) is 2.55. The highest BCUT2D eigenvalue weighted by Crippen LogP contribution is 2.31. The summed E-state index contributed by atoms with van der Waals surface area (Å²) < 4.78 is 0. The van der Waals surface area contributed by atoms with Crippen molar-refractivity contribution < 1.29 is 9.90 Å². The fraction of sp³-hybridized carbons (Fsp3) is 0.214. The van der Waals surface area contributed by atoms with Gasteiger partial charge in [-0.15, -0.1) is 0 Å². The van der Waals surface area contributed by atoms with Gasteiger partial charge in [0.15, 0.2) is 5.69 Å². The molecule has 1 aromatic heterocycles. The van der Waals surface area contributed by atoms with Crippen LogP contribution in [0.4, 0.5) is 0 Å². The number of rotatable bonds is 2. The Morgan fingerprint density at radius 2 is 1.83 bits per heavy atom. The highest BCUT2D eigenvalue weighted by Gasteiger charge is 2.25. The molecule has 0 atom stereocenters. The van der Waals surface area contributed by atoms with Gasteiger partial charge in [-0.3, -0.25) is 0 Å². The third-order valence-electron chi connectivity index (χ3n) is 3.31. The summed E-state index contributed by atoms with van der Waals surface area (Å²) in [4.78, 5) is 19.2. The van der Waals surface area contributed by atoms with Crippen molar-refractivity contribution in [3.8, 4) is 0 Å². The van der Waals surface area contributed by atoms with E-state index in [1.165, 1.54) is 23.4 Å². The highest BCUT2D eigenvalue weighted by molar-refractivity contribution is 5.85. The number of benzene rings is 1. The molecule has 0 bridgehead atoms. The molecule has 0 fully saturated rings. The number of hydrogen-bond acceptors (Lipinski definition) is 3. The largest absolute Gasteiger partial charge is 0.477 e. The fourth-order valence-electron chi connectivity index (χ4n) is 2.43. The predicted octanol–water partition coefficient (Wildman–Crippen LogP) is 2.06. The van der Waals surface area contributed by atoms with Crippen molar-refractivity contribution in [3.05, 3.63) is 59.2 Å². The van der Waals surface area contributed by atoms with Gasteiger partial charge in [0.25, 0.3) is 0 Å². The number of carboxylic acid groups (broad SMARTS) is 1. The van der Waals surface area contributed by atoms with Gasteiger partial charge in [0.2, 0.25) is 0 Å². The minimum Gasteiger partial charge on any atom is -0.477 e. The Labute approximate surface area is 104 Å². The van der Waals surface area contributed by atoms with Crippen molar-refractivity contribution in [2.75, 3.05) is 0 Å². The molecule has 90 valence electrons. The topological polar surface area (TPSA) is 63.1 Å². The van der Waals surface area contributed by atoms with Gasteiger partial charge < -0.3 is 5.11 Å². The zero-order valence-corrected chi connectivity index (χ0v) is 9.71. The van der Waals surface area contributed by atoms with Gasteiger partial charge >= 0.3 is 5.97 Å². The lowest BCUT2D eigenvalue weighted by molar-refractivity contribution is 0.0690. The molecule has 0 spiro atoms. The van der Waals surface area contributed by atoms with E-state index in [0.29, 0.717) is 5.82 Å². The molecule has 4 heteroatoms. The van der Waals surface area contributed by atoms with Crippen molar-refractivity contribution in [2.24, 2.45) is 0 Å². The lowest BCUT2D eigenvalue weighted by atomic mass is 10.1. The van der Waals surface area contributed by atoms with Crippen LogP contribution in [-0.4, -0.2) is 21.0 Å². The molecule has 1 N–H and O–H groups in total. The fourth-order valence-corrected chi connectivity index (χ4v) is 2.43. The molecule has 0 saturated heterocycles. The summed E-state index contributed by atoms with van der Waals surface area (Å²) in [5.41, 5.74) is 2.69. The number of nitrogens with zero attached hydrogens (tertiary/aromatic N) is 2. The summed E-state index contributed by atoms with van der Waals surface area (Å²) in [6.07, 6.45) is 3.30. The number of carbonyl (C=O) groups is 1. The van der Waals surface area contributed by atoms with Crippen molar-refractivity contribution in [2.45, 2.75) is 18.8 Å². The van der Waals surface area contributed by atoms with Crippen LogP contribution < -0.4 is 0 Å². The van der Waals surface area contributed by atoms with E-state index in [4.69, 9.17) is 5.11 Å². The van der Waals surface area contributed by atoms with Gasteiger partial charge in [0.1, 0.15) is 5.82 Å². The van der Waals surface area contributed by atoms with E-state index in [1.54, 1.807) is 0 Å². The van der Waals surface area contributed by atoms with E-state index in [-0.39, 0.29) is 11.6 Å². The van der Waals surface area contributed by atoms with Gasteiger partial charge in [0, 0.05) is 12.1 Å². The lowest BCUT2D eigenvalue weighted by Gasteiger charge is -2.07. The summed E-state index contributed by atoms with van der Waals surface area (Å²) in [6.45, 7) is 0. The van der Waals surface area contributed by atoms with Gasteiger partial charge in [-0.05, 0) is 30.0 Å². The zero-order valence-electron chi connectivity index (χ0n) is 9.71. The van der Waals surface area contributed by atoms with Crippen LogP contribution in [0.2, 0.25) is 0 Å². The number of fused-ring (bicyclic) bond motifs is 1. The Balaban J connectivity index is 1.90. The Morgan fingerprint density at radius 3 is 2.44 bits per heavy atom. The first-order chi connectivity index (χ1) is 8.74. The third kappa shape index (κ3) is 1.86. The molecule has 4 nitrogen and oxygen atoms in total. The average molecular weight is 240 g/mol. The summed E-state index contributed by atoms with van der Waals surface area (Å²) in [6, 6.07) is 9.69. The molecule has 0 radical (unpaired) electrons. The number of aromatic carboxylic acids is 1. The maximum atomic E-state index is 10.9. The molecule has 18 heavy (non-hydrogen) atoms. The molecular formula is C14H12N2O2. The maximum Gasteiger partial charge on any atom is 0.354 e. The summed E-state index contributed by atoms with van der Waals surface area (Å²) in [5.74, 6) is -0.179. The van der Waals surface area contributed by atoms with Gasteiger partial charge in [-0.2, -0.15) is 0 Å². The minimum atomic E-state index is -1.01. The molecule has 0 amide bonds. The third-order valence-corrected chi connectivity index (χ3v) is 3.31. The number of aromatic nitrogens is 2. The van der Waals surface area contributed by atoms with Crippen LogP contribution in [0.1, 0.15) is 33.4 Å². The summed E-state index contributed by atoms with van der Waals surface area (Å²) in [7, 11) is 0. The van der Waals surface area contributed by atoms with Gasteiger partial charge in [-0.1, -0.05) is 24.3 Å². The predicted molar refractivity (Wildman–Crippen MR) is 65.6 cm³/mol. The van der Waals surface area contributed by atoms with Crippen molar-refractivity contribution in [1.82, 2.24) is 9.97 Å². The molecule has 1 aliphatic carbocycles. The number of carboxylic acids is 1. The zero-order chi connectivity index (χ0) is 12.5. The van der Waals surface area contributed by atoms with E-state index in [9.17, 15) is 4.79 Å². The summed E-state index contributed by atoms with van der Waals surface area (Å²) >= 11 is 0. The SMILES string of the molecule is O=C(O)c1ccnc(C2Cc3ccccc3C2)n1.